The lowest BCUT2D eigenvalue weighted by Gasteiger charge is -2.29. The van der Waals surface area contributed by atoms with E-state index < -0.39 is 6.89 Å². The van der Waals surface area contributed by atoms with E-state index >= 15 is 0 Å². The number of hydrogen-bond acceptors (Lipinski definition) is 1. The molecule has 0 spiro atoms. The zero-order valence-electron chi connectivity index (χ0n) is 12.9. The van der Waals surface area contributed by atoms with Gasteiger partial charge in [-0.3, -0.25) is 0 Å². The lowest BCUT2D eigenvalue weighted by Crippen LogP contribution is -2.29. The fraction of sp³-hybridized carbons (Fsp3) is 0.0500. The Bertz CT molecular complexity index is 711. The summed E-state index contributed by atoms with van der Waals surface area (Å²) < 4.78 is 5.61. The molecular formula is C20H18ClOP. The summed E-state index contributed by atoms with van der Waals surface area (Å²) in [6.07, 6.45) is 0. The van der Waals surface area contributed by atoms with E-state index in [0.29, 0.717) is 4.94 Å². The molecule has 0 N–H and O–H groups in total. The first-order valence-corrected chi connectivity index (χ1v) is 9.59. The first-order chi connectivity index (χ1) is 11.3. The number of methoxy groups -OCH3 is 1. The molecule has 23 heavy (non-hydrogen) atoms. The highest BCUT2D eigenvalue weighted by atomic mass is 35.5. The standard InChI is InChI=1S/C20H18ClOP/c1-22-20(21)23(17-11-5-2-6-12-17,18-13-7-3-8-14-18)19-15-9-4-10-16-19/h2-16H,1H3. The molecule has 0 amide bonds. The van der Waals surface area contributed by atoms with Gasteiger partial charge in [0.15, 0.2) is 0 Å². The van der Waals surface area contributed by atoms with E-state index in [0.717, 1.165) is 0 Å². The van der Waals surface area contributed by atoms with Crippen LogP contribution in [0.3, 0.4) is 0 Å². The second-order valence-corrected chi connectivity index (χ2v) is 9.04. The van der Waals surface area contributed by atoms with Crippen LogP contribution in [0.15, 0.2) is 91.0 Å². The van der Waals surface area contributed by atoms with Gasteiger partial charge in [-0.15, -0.1) is 0 Å². The van der Waals surface area contributed by atoms with Crippen molar-refractivity contribution in [2.45, 2.75) is 0 Å². The van der Waals surface area contributed by atoms with Crippen molar-refractivity contribution in [3.63, 3.8) is 0 Å². The Kier molecular flexibility index (Phi) is 5.03. The van der Waals surface area contributed by atoms with E-state index in [4.69, 9.17) is 16.3 Å². The number of hydrogen-bond donors (Lipinski definition) is 0. The van der Waals surface area contributed by atoms with Crippen LogP contribution in [0.5, 0.6) is 0 Å². The van der Waals surface area contributed by atoms with Gasteiger partial charge in [0.25, 0.3) is 0 Å². The van der Waals surface area contributed by atoms with E-state index in [1.54, 1.807) is 7.11 Å². The van der Waals surface area contributed by atoms with Crippen molar-refractivity contribution in [1.82, 2.24) is 0 Å². The predicted molar refractivity (Wildman–Crippen MR) is 103 cm³/mol. The highest BCUT2D eigenvalue weighted by molar-refractivity contribution is 7.97. The third-order valence-electron chi connectivity index (χ3n) is 3.86. The minimum Gasteiger partial charge on any atom is -0.338 e. The van der Waals surface area contributed by atoms with Gasteiger partial charge in [0.05, 0.1) is 0 Å². The molecule has 3 aromatic carbocycles. The Morgan fingerprint density at radius 3 is 1.22 bits per heavy atom. The molecule has 3 heteroatoms. The van der Waals surface area contributed by atoms with Crippen molar-refractivity contribution >= 4 is 39.3 Å². The molecule has 3 rings (SSSR count). The normalized spacial score (nSPS) is 11.2. The van der Waals surface area contributed by atoms with Gasteiger partial charge in [-0.05, 0) is 15.9 Å². The fourth-order valence-corrected chi connectivity index (χ4v) is 7.36. The molecule has 0 aliphatic heterocycles. The lowest BCUT2D eigenvalue weighted by molar-refractivity contribution is 0.424. The maximum absolute atomic E-state index is 6.74. The van der Waals surface area contributed by atoms with E-state index in [9.17, 15) is 0 Å². The Hall–Kier alpha value is -1.79. The van der Waals surface area contributed by atoms with Crippen LogP contribution in [0, 0.1) is 0 Å². The monoisotopic (exact) mass is 340 g/mol. The summed E-state index contributed by atoms with van der Waals surface area (Å²) in [6, 6.07) is 31.2. The minimum absolute atomic E-state index is 0.543. The van der Waals surface area contributed by atoms with E-state index in [1.807, 2.05) is 18.2 Å². The second kappa shape index (κ2) is 7.19. The number of benzene rings is 3. The van der Waals surface area contributed by atoms with Gasteiger partial charge in [-0.1, -0.05) is 103 Å². The molecule has 0 atom stereocenters. The summed E-state index contributed by atoms with van der Waals surface area (Å²) in [5, 5.41) is 3.55. The van der Waals surface area contributed by atoms with Crippen LogP contribution in [0.2, 0.25) is 0 Å². The van der Waals surface area contributed by atoms with Gasteiger partial charge in [-0.2, -0.15) is 0 Å². The quantitative estimate of drug-likeness (QED) is 0.653. The van der Waals surface area contributed by atoms with Gasteiger partial charge < -0.3 is 4.74 Å². The van der Waals surface area contributed by atoms with Crippen molar-refractivity contribution in [3.8, 4) is 0 Å². The molecule has 0 heterocycles. The Morgan fingerprint density at radius 1 is 0.652 bits per heavy atom. The second-order valence-electron chi connectivity index (χ2n) is 5.13. The smallest absolute Gasteiger partial charge is 0.149 e. The van der Waals surface area contributed by atoms with Crippen LogP contribution in [-0.2, 0) is 4.74 Å². The summed E-state index contributed by atoms with van der Waals surface area (Å²) in [5.41, 5.74) is 0. The fourth-order valence-electron chi connectivity index (χ4n) is 2.84. The van der Waals surface area contributed by atoms with Crippen LogP contribution in [0.4, 0.5) is 0 Å². The van der Waals surface area contributed by atoms with Crippen LogP contribution in [0.1, 0.15) is 0 Å². The van der Waals surface area contributed by atoms with Crippen molar-refractivity contribution < 1.29 is 4.74 Å². The molecule has 116 valence electrons. The first-order valence-electron chi connectivity index (χ1n) is 7.43. The zero-order chi connectivity index (χ0) is 16.1. The van der Waals surface area contributed by atoms with Crippen molar-refractivity contribution in [1.29, 1.82) is 0 Å². The molecule has 0 unspecified atom stereocenters. The van der Waals surface area contributed by atoms with E-state index in [2.05, 4.69) is 72.8 Å². The van der Waals surface area contributed by atoms with E-state index in [-0.39, 0.29) is 0 Å². The summed E-state index contributed by atoms with van der Waals surface area (Å²) in [4.78, 5) is 0.543. The highest BCUT2D eigenvalue weighted by Crippen LogP contribution is 2.47. The average Bonchev–Trinajstić information content (AvgIpc) is 2.65. The SMILES string of the molecule is COC(Cl)=P(c1ccccc1)(c1ccccc1)c1ccccc1. The van der Waals surface area contributed by atoms with Gasteiger partial charge in [-0.25, -0.2) is 0 Å². The summed E-state index contributed by atoms with van der Waals surface area (Å²) in [5.74, 6) is 0. The third kappa shape index (κ3) is 2.88. The molecular weight excluding hydrogens is 323 g/mol. The van der Waals surface area contributed by atoms with Crippen molar-refractivity contribution in [3.05, 3.63) is 91.0 Å². The third-order valence-corrected chi connectivity index (χ3v) is 8.71. The molecule has 1 nitrogen and oxygen atoms in total. The molecule has 0 radical (unpaired) electrons. The molecule has 0 fully saturated rings. The lowest BCUT2D eigenvalue weighted by atomic mass is 10.4. The molecule has 0 saturated heterocycles. The minimum atomic E-state index is -2.18. The van der Waals surface area contributed by atoms with Gasteiger partial charge in [0, 0.05) is 14.0 Å². The van der Waals surface area contributed by atoms with Crippen LogP contribution in [-0.4, -0.2) is 12.0 Å². The maximum Gasteiger partial charge on any atom is 0.149 e. The van der Waals surface area contributed by atoms with Gasteiger partial charge in [0.1, 0.15) is 4.94 Å². The first kappa shape index (κ1) is 16.1. The summed E-state index contributed by atoms with van der Waals surface area (Å²) in [7, 11) is 1.64. The molecule has 0 bridgehead atoms. The topological polar surface area (TPSA) is 9.23 Å². The van der Waals surface area contributed by atoms with Crippen molar-refractivity contribution in [2.75, 3.05) is 7.11 Å². The van der Waals surface area contributed by atoms with Gasteiger partial charge >= 0.3 is 0 Å². The van der Waals surface area contributed by atoms with E-state index in [1.165, 1.54) is 15.9 Å². The summed E-state index contributed by atoms with van der Waals surface area (Å²) >= 11 is 6.74. The van der Waals surface area contributed by atoms with Crippen molar-refractivity contribution in [2.24, 2.45) is 0 Å². The number of halogens is 1. The largest absolute Gasteiger partial charge is 0.338 e. The average molecular weight is 341 g/mol. The van der Waals surface area contributed by atoms with Crippen LogP contribution >= 0.6 is 18.5 Å². The Morgan fingerprint density at radius 2 is 0.957 bits per heavy atom. The molecule has 0 aliphatic carbocycles. The predicted octanol–water partition coefficient (Wildman–Crippen LogP) is 3.95. The molecule has 0 saturated carbocycles. The molecule has 0 aliphatic rings. The van der Waals surface area contributed by atoms with Gasteiger partial charge in [0.2, 0.25) is 0 Å². The Labute approximate surface area is 142 Å². The number of ether oxygens (including phenoxy) is 1. The maximum atomic E-state index is 6.74. The molecule has 0 aromatic heterocycles. The zero-order valence-corrected chi connectivity index (χ0v) is 14.5. The van der Waals surface area contributed by atoms with Crippen LogP contribution < -0.4 is 15.9 Å². The Balaban J connectivity index is 2.47. The highest BCUT2D eigenvalue weighted by Gasteiger charge is 2.29. The summed E-state index contributed by atoms with van der Waals surface area (Å²) in [6.45, 7) is -2.18. The number of rotatable bonds is 4. The van der Waals surface area contributed by atoms with Crippen LogP contribution in [0.25, 0.3) is 0 Å². The molecule has 3 aromatic rings.